The number of pyridine rings is 1. The molecule has 0 aliphatic rings. The Labute approximate surface area is 107 Å². The van der Waals surface area contributed by atoms with Crippen LogP contribution in [0, 0.1) is 0 Å². The summed E-state index contributed by atoms with van der Waals surface area (Å²) in [6, 6.07) is 4.05. The highest BCUT2D eigenvalue weighted by Gasteiger charge is 2.08. The number of imidazole rings is 1. The zero-order chi connectivity index (χ0) is 13.0. The summed E-state index contributed by atoms with van der Waals surface area (Å²) in [6.45, 7) is 1.67. The monoisotopic (exact) mass is 245 g/mol. The molecule has 2 aromatic rings. The van der Waals surface area contributed by atoms with Crippen LogP contribution in [-0.4, -0.2) is 33.5 Å². The maximum Gasteiger partial charge on any atom is 0.130 e. The van der Waals surface area contributed by atoms with E-state index < -0.39 is 0 Å². The number of nitrogens with one attached hydrogen (secondary N) is 1. The fraction of sp³-hybridized carbons (Fsp3) is 0.385. The summed E-state index contributed by atoms with van der Waals surface area (Å²) in [5, 5.41) is 3.11. The summed E-state index contributed by atoms with van der Waals surface area (Å²) >= 11 is 0. The highest BCUT2D eigenvalue weighted by atomic mass is 15.2. The normalized spacial score (nSPS) is 10.9. The van der Waals surface area contributed by atoms with Gasteiger partial charge in [-0.1, -0.05) is 6.07 Å². The standard InChI is InChI=1S/C13H19N5/c1-14-13-11(5-4-6-16-13)9-17(2)10-12-15-7-8-18(12)3/h4-8H,9-10H2,1-3H3,(H,14,16). The third-order valence-electron chi connectivity index (χ3n) is 2.90. The number of hydrogen-bond donors (Lipinski definition) is 1. The second kappa shape index (κ2) is 5.64. The number of rotatable bonds is 5. The van der Waals surface area contributed by atoms with E-state index in [1.807, 2.05) is 37.1 Å². The van der Waals surface area contributed by atoms with E-state index in [4.69, 9.17) is 0 Å². The van der Waals surface area contributed by atoms with Crippen molar-refractivity contribution >= 4 is 5.82 Å². The maximum atomic E-state index is 4.33. The number of aryl methyl sites for hydroxylation is 1. The van der Waals surface area contributed by atoms with E-state index in [-0.39, 0.29) is 0 Å². The number of aromatic nitrogens is 3. The van der Waals surface area contributed by atoms with E-state index in [1.54, 1.807) is 6.20 Å². The van der Waals surface area contributed by atoms with Crippen LogP contribution in [0.5, 0.6) is 0 Å². The van der Waals surface area contributed by atoms with Gasteiger partial charge >= 0.3 is 0 Å². The molecule has 1 N–H and O–H groups in total. The minimum Gasteiger partial charge on any atom is -0.373 e. The van der Waals surface area contributed by atoms with E-state index in [1.165, 1.54) is 5.56 Å². The Morgan fingerprint density at radius 1 is 1.28 bits per heavy atom. The second-order valence-electron chi connectivity index (χ2n) is 4.39. The molecule has 0 aromatic carbocycles. The first-order chi connectivity index (χ1) is 8.70. The smallest absolute Gasteiger partial charge is 0.130 e. The van der Waals surface area contributed by atoms with Crippen molar-refractivity contribution in [1.82, 2.24) is 19.4 Å². The third-order valence-corrected chi connectivity index (χ3v) is 2.90. The van der Waals surface area contributed by atoms with Gasteiger partial charge in [0.05, 0.1) is 6.54 Å². The molecule has 0 radical (unpaired) electrons. The van der Waals surface area contributed by atoms with Crippen LogP contribution in [0.15, 0.2) is 30.7 Å². The molecular weight excluding hydrogens is 226 g/mol. The molecule has 18 heavy (non-hydrogen) atoms. The highest BCUT2D eigenvalue weighted by molar-refractivity contribution is 5.42. The van der Waals surface area contributed by atoms with Crippen molar-refractivity contribution < 1.29 is 0 Å². The topological polar surface area (TPSA) is 46.0 Å². The van der Waals surface area contributed by atoms with Gasteiger partial charge in [0.1, 0.15) is 11.6 Å². The fourth-order valence-corrected chi connectivity index (χ4v) is 1.93. The van der Waals surface area contributed by atoms with Gasteiger partial charge in [0.2, 0.25) is 0 Å². The lowest BCUT2D eigenvalue weighted by atomic mass is 10.2. The van der Waals surface area contributed by atoms with E-state index in [2.05, 4.69) is 33.3 Å². The van der Waals surface area contributed by atoms with Crippen LogP contribution >= 0.6 is 0 Å². The Hall–Kier alpha value is -1.88. The molecule has 0 bridgehead atoms. The highest BCUT2D eigenvalue weighted by Crippen LogP contribution is 2.13. The lowest BCUT2D eigenvalue weighted by molar-refractivity contribution is 0.307. The molecule has 0 amide bonds. The van der Waals surface area contributed by atoms with Crippen molar-refractivity contribution in [3.8, 4) is 0 Å². The van der Waals surface area contributed by atoms with E-state index in [9.17, 15) is 0 Å². The molecule has 0 saturated heterocycles. The molecule has 0 aliphatic heterocycles. The predicted octanol–water partition coefficient (Wildman–Crippen LogP) is 1.49. The Morgan fingerprint density at radius 2 is 2.11 bits per heavy atom. The zero-order valence-corrected chi connectivity index (χ0v) is 11.1. The molecule has 0 saturated carbocycles. The van der Waals surface area contributed by atoms with Crippen LogP contribution in [0.25, 0.3) is 0 Å². The predicted molar refractivity (Wildman–Crippen MR) is 72.2 cm³/mol. The molecule has 2 heterocycles. The minimum atomic E-state index is 0.821. The SMILES string of the molecule is CNc1ncccc1CN(C)Cc1nccn1C. The number of anilines is 1. The van der Waals surface area contributed by atoms with Crippen molar-refractivity contribution in [1.29, 1.82) is 0 Å². The fourth-order valence-electron chi connectivity index (χ4n) is 1.93. The minimum absolute atomic E-state index is 0.821. The maximum absolute atomic E-state index is 4.33. The van der Waals surface area contributed by atoms with Gasteiger partial charge in [0.15, 0.2) is 0 Å². The van der Waals surface area contributed by atoms with Crippen molar-refractivity contribution in [2.75, 3.05) is 19.4 Å². The molecular formula is C13H19N5. The van der Waals surface area contributed by atoms with Crippen LogP contribution in [0.2, 0.25) is 0 Å². The summed E-state index contributed by atoms with van der Waals surface area (Å²) in [5.74, 6) is 2.00. The second-order valence-corrected chi connectivity index (χ2v) is 4.39. The van der Waals surface area contributed by atoms with Gasteiger partial charge in [-0.15, -0.1) is 0 Å². The van der Waals surface area contributed by atoms with Crippen LogP contribution in [0.1, 0.15) is 11.4 Å². The molecule has 0 aliphatic carbocycles. The Kier molecular flexibility index (Phi) is 3.94. The first kappa shape index (κ1) is 12.6. The molecule has 96 valence electrons. The zero-order valence-electron chi connectivity index (χ0n) is 11.1. The van der Waals surface area contributed by atoms with Gasteiger partial charge in [-0.25, -0.2) is 9.97 Å². The summed E-state index contributed by atoms with van der Waals surface area (Å²) in [7, 11) is 5.99. The molecule has 0 unspecified atom stereocenters. The van der Waals surface area contributed by atoms with Gasteiger partial charge in [-0.2, -0.15) is 0 Å². The average Bonchev–Trinajstić information content (AvgIpc) is 2.75. The van der Waals surface area contributed by atoms with E-state index in [0.29, 0.717) is 0 Å². The first-order valence-electron chi connectivity index (χ1n) is 5.97. The van der Waals surface area contributed by atoms with Gasteiger partial charge in [-0.05, 0) is 13.1 Å². The lowest BCUT2D eigenvalue weighted by Gasteiger charge is -2.17. The molecule has 2 rings (SSSR count). The van der Waals surface area contributed by atoms with Crippen molar-refractivity contribution in [2.45, 2.75) is 13.1 Å². The van der Waals surface area contributed by atoms with Crippen molar-refractivity contribution in [3.63, 3.8) is 0 Å². The molecule has 0 atom stereocenters. The van der Waals surface area contributed by atoms with Gasteiger partial charge < -0.3 is 9.88 Å². The molecule has 5 heteroatoms. The molecule has 0 spiro atoms. The van der Waals surface area contributed by atoms with Gasteiger partial charge in [0.25, 0.3) is 0 Å². The summed E-state index contributed by atoms with van der Waals surface area (Å²) in [5.41, 5.74) is 1.19. The van der Waals surface area contributed by atoms with Crippen LogP contribution < -0.4 is 5.32 Å². The summed E-state index contributed by atoms with van der Waals surface area (Å²) in [4.78, 5) is 10.9. The number of nitrogens with zero attached hydrogens (tertiary/aromatic N) is 4. The van der Waals surface area contributed by atoms with Crippen LogP contribution in [-0.2, 0) is 20.1 Å². The quantitative estimate of drug-likeness (QED) is 0.867. The largest absolute Gasteiger partial charge is 0.373 e. The lowest BCUT2D eigenvalue weighted by Crippen LogP contribution is -2.20. The summed E-state index contributed by atoms with van der Waals surface area (Å²) in [6.07, 6.45) is 5.59. The Balaban J connectivity index is 2.03. The van der Waals surface area contributed by atoms with Crippen molar-refractivity contribution in [2.24, 2.45) is 7.05 Å². The Bertz CT molecular complexity index is 506. The van der Waals surface area contributed by atoms with Crippen LogP contribution in [0.4, 0.5) is 5.82 Å². The van der Waals surface area contributed by atoms with E-state index >= 15 is 0 Å². The molecule has 0 fully saturated rings. The molecule has 5 nitrogen and oxygen atoms in total. The molecule has 2 aromatic heterocycles. The Morgan fingerprint density at radius 3 is 2.78 bits per heavy atom. The van der Waals surface area contributed by atoms with Crippen molar-refractivity contribution in [3.05, 3.63) is 42.1 Å². The van der Waals surface area contributed by atoms with Gasteiger partial charge in [0, 0.05) is 44.8 Å². The van der Waals surface area contributed by atoms with Crippen LogP contribution in [0.3, 0.4) is 0 Å². The first-order valence-corrected chi connectivity index (χ1v) is 5.97. The third kappa shape index (κ3) is 2.87. The summed E-state index contributed by atoms with van der Waals surface area (Å²) < 4.78 is 2.04. The number of hydrogen-bond acceptors (Lipinski definition) is 4. The average molecular weight is 245 g/mol. The van der Waals surface area contributed by atoms with E-state index in [0.717, 1.165) is 24.7 Å². The van der Waals surface area contributed by atoms with Gasteiger partial charge in [-0.3, -0.25) is 4.90 Å².